The number of thiophene rings is 1. The minimum Gasteiger partial charge on any atom is -0.344 e. The van der Waals surface area contributed by atoms with Crippen LogP contribution in [-0.4, -0.2) is 5.91 Å². The lowest BCUT2D eigenvalue weighted by Crippen LogP contribution is -2.31. The smallest absolute Gasteiger partial charge is 0.251 e. The summed E-state index contributed by atoms with van der Waals surface area (Å²) in [6.07, 6.45) is 0. The number of benzene rings is 2. The topological polar surface area (TPSA) is 29.1 Å². The Hall–Kier alpha value is -2.13. The van der Waals surface area contributed by atoms with Crippen LogP contribution < -0.4 is 5.32 Å². The predicted molar refractivity (Wildman–Crippen MR) is 93.3 cm³/mol. The molecule has 3 heteroatoms. The molecule has 1 N–H and O–H groups in total. The maximum atomic E-state index is 12.6. The van der Waals surface area contributed by atoms with Crippen molar-refractivity contribution in [2.45, 2.75) is 19.9 Å². The molecule has 0 unspecified atom stereocenters. The number of hydrogen-bond acceptors (Lipinski definition) is 2. The highest BCUT2D eigenvalue weighted by atomic mass is 32.1. The maximum Gasteiger partial charge on any atom is 0.251 e. The summed E-state index contributed by atoms with van der Waals surface area (Å²) in [4.78, 5) is 13.8. The Morgan fingerprint density at radius 3 is 2.45 bits per heavy atom. The monoisotopic (exact) mass is 309 g/mol. The molecule has 2 aromatic carbocycles. The molecule has 0 saturated carbocycles. The van der Waals surface area contributed by atoms with Crippen molar-refractivity contribution in [3.63, 3.8) is 0 Å². The summed E-state index contributed by atoms with van der Waals surface area (Å²) in [6.45, 7) is 4.26. The van der Waals surface area contributed by atoms with E-state index in [4.69, 9.17) is 0 Å². The molecule has 112 valence electrons. The number of hydrogen-bond donors (Lipinski definition) is 1. The Morgan fingerprint density at radius 1 is 1.00 bits per heavy atom. The van der Waals surface area contributed by atoms with Gasteiger partial charge in [-0.05, 0) is 40.3 Å². The molecule has 0 saturated heterocycles. The van der Waals surface area contributed by atoms with Crippen LogP contribution in [0, 0.1) is 5.92 Å². The Kier molecular flexibility index (Phi) is 4.25. The molecule has 2 nitrogen and oxygen atoms in total. The van der Waals surface area contributed by atoms with Gasteiger partial charge < -0.3 is 5.32 Å². The predicted octanol–water partition coefficient (Wildman–Crippen LogP) is 5.03. The van der Waals surface area contributed by atoms with E-state index >= 15 is 0 Å². The SMILES string of the molecule is CC(C)[C@H](NC(=O)c1ccc2ccccc2c1)c1cccs1. The van der Waals surface area contributed by atoms with Crippen molar-refractivity contribution in [3.8, 4) is 0 Å². The van der Waals surface area contributed by atoms with Crippen molar-refractivity contribution in [1.29, 1.82) is 0 Å². The summed E-state index contributed by atoms with van der Waals surface area (Å²) in [7, 11) is 0. The summed E-state index contributed by atoms with van der Waals surface area (Å²) in [6, 6.07) is 18.1. The van der Waals surface area contributed by atoms with Crippen molar-refractivity contribution in [1.82, 2.24) is 5.32 Å². The fourth-order valence-electron chi connectivity index (χ4n) is 2.59. The zero-order valence-corrected chi connectivity index (χ0v) is 13.6. The van der Waals surface area contributed by atoms with E-state index in [0.29, 0.717) is 11.5 Å². The second-order valence-corrected chi connectivity index (χ2v) is 6.75. The lowest BCUT2D eigenvalue weighted by Gasteiger charge is -2.21. The van der Waals surface area contributed by atoms with Crippen molar-refractivity contribution in [3.05, 3.63) is 70.4 Å². The van der Waals surface area contributed by atoms with Crippen molar-refractivity contribution in [2.24, 2.45) is 5.92 Å². The Balaban J connectivity index is 1.85. The van der Waals surface area contributed by atoms with Crippen LogP contribution in [0.5, 0.6) is 0 Å². The number of carbonyl (C=O) groups is 1. The molecule has 1 aromatic heterocycles. The van der Waals surface area contributed by atoms with Gasteiger partial charge in [0.2, 0.25) is 0 Å². The first kappa shape index (κ1) is 14.8. The highest BCUT2D eigenvalue weighted by molar-refractivity contribution is 7.10. The lowest BCUT2D eigenvalue weighted by molar-refractivity contribution is 0.0926. The van der Waals surface area contributed by atoms with Crippen molar-refractivity contribution >= 4 is 28.0 Å². The molecule has 22 heavy (non-hydrogen) atoms. The van der Waals surface area contributed by atoms with Gasteiger partial charge in [0, 0.05) is 10.4 Å². The third-order valence-corrected chi connectivity index (χ3v) is 4.77. The molecule has 0 bridgehead atoms. The van der Waals surface area contributed by atoms with E-state index in [-0.39, 0.29) is 11.9 Å². The van der Waals surface area contributed by atoms with Crippen LogP contribution in [0.4, 0.5) is 0 Å². The quantitative estimate of drug-likeness (QED) is 0.719. The fourth-order valence-corrected chi connectivity index (χ4v) is 3.54. The van der Waals surface area contributed by atoms with Crippen LogP contribution in [0.15, 0.2) is 60.0 Å². The van der Waals surface area contributed by atoms with Crippen molar-refractivity contribution in [2.75, 3.05) is 0 Å². The van der Waals surface area contributed by atoms with Gasteiger partial charge >= 0.3 is 0 Å². The van der Waals surface area contributed by atoms with E-state index in [1.807, 2.05) is 47.8 Å². The summed E-state index contributed by atoms with van der Waals surface area (Å²) in [5.74, 6) is 0.334. The third kappa shape index (κ3) is 3.04. The summed E-state index contributed by atoms with van der Waals surface area (Å²) >= 11 is 1.68. The average molecular weight is 309 g/mol. The Bertz CT molecular complexity index is 777. The molecule has 0 fully saturated rings. The van der Waals surface area contributed by atoms with Gasteiger partial charge in [0.05, 0.1) is 6.04 Å². The minimum atomic E-state index is -0.0159. The Labute approximate surface area is 134 Å². The van der Waals surface area contributed by atoms with Gasteiger partial charge in [-0.2, -0.15) is 0 Å². The van der Waals surface area contributed by atoms with Gasteiger partial charge in [-0.1, -0.05) is 50.2 Å². The zero-order chi connectivity index (χ0) is 15.5. The molecular weight excluding hydrogens is 290 g/mol. The Morgan fingerprint density at radius 2 is 1.77 bits per heavy atom. The van der Waals surface area contributed by atoms with Gasteiger partial charge in [0.15, 0.2) is 0 Å². The molecule has 1 atom stereocenters. The van der Waals surface area contributed by atoms with Crippen LogP contribution in [0.2, 0.25) is 0 Å². The van der Waals surface area contributed by atoms with E-state index in [2.05, 4.69) is 31.3 Å². The molecule has 1 heterocycles. The highest BCUT2D eigenvalue weighted by Gasteiger charge is 2.20. The lowest BCUT2D eigenvalue weighted by atomic mass is 10.0. The summed E-state index contributed by atoms with van der Waals surface area (Å²) in [5, 5.41) is 7.46. The first-order valence-electron chi connectivity index (χ1n) is 7.48. The number of nitrogens with one attached hydrogen (secondary N) is 1. The largest absolute Gasteiger partial charge is 0.344 e. The normalized spacial score (nSPS) is 12.5. The van der Waals surface area contributed by atoms with Gasteiger partial charge in [0.1, 0.15) is 0 Å². The first-order chi connectivity index (χ1) is 10.6. The molecule has 3 rings (SSSR count). The van der Waals surface area contributed by atoms with E-state index in [0.717, 1.165) is 10.8 Å². The molecule has 0 aliphatic heterocycles. The van der Waals surface area contributed by atoms with E-state index < -0.39 is 0 Å². The van der Waals surface area contributed by atoms with Gasteiger partial charge in [-0.15, -0.1) is 11.3 Å². The number of fused-ring (bicyclic) bond motifs is 1. The summed E-state index contributed by atoms with van der Waals surface area (Å²) in [5.41, 5.74) is 0.709. The van der Waals surface area contributed by atoms with E-state index in [1.165, 1.54) is 4.88 Å². The van der Waals surface area contributed by atoms with Crippen LogP contribution >= 0.6 is 11.3 Å². The molecule has 0 radical (unpaired) electrons. The highest BCUT2D eigenvalue weighted by Crippen LogP contribution is 2.26. The number of amides is 1. The molecule has 0 spiro atoms. The maximum absolute atomic E-state index is 12.6. The number of carbonyl (C=O) groups excluding carboxylic acids is 1. The molecule has 3 aromatic rings. The van der Waals surface area contributed by atoms with Gasteiger partial charge in [0.25, 0.3) is 5.91 Å². The van der Waals surface area contributed by atoms with Crippen LogP contribution in [-0.2, 0) is 0 Å². The molecule has 1 amide bonds. The summed E-state index contributed by atoms with van der Waals surface area (Å²) < 4.78 is 0. The van der Waals surface area contributed by atoms with Gasteiger partial charge in [-0.3, -0.25) is 4.79 Å². The molecule has 0 aliphatic rings. The van der Waals surface area contributed by atoms with E-state index in [9.17, 15) is 4.79 Å². The first-order valence-corrected chi connectivity index (χ1v) is 8.36. The molecular formula is C19H19NOS. The van der Waals surface area contributed by atoms with Crippen molar-refractivity contribution < 1.29 is 4.79 Å². The third-order valence-electron chi connectivity index (χ3n) is 3.81. The van der Waals surface area contributed by atoms with Crippen LogP contribution in [0.3, 0.4) is 0 Å². The molecule has 0 aliphatic carbocycles. The second-order valence-electron chi connectivity index (χ2n) is 5.77. The fraction of sp³-hybridized carbons (Fsp3) is 0.211. The standard InChI is InChI=1S/C19H19NOS/c1-13(2)18(17-8-5-11-22-17)20-19(21)16-10-9-14-6-3-4-7-15(14)12-16/h3-13,18H,1-2H3,(H,20,21)/t18-/m0/s1. The van der Waals surface area contributed by atoms with Crippen LogP contribution in [0.25, 0.3) is 10.8 Å². The van der Waals surface area contributed by atoms with Gasteiger partial charge in [-0.25, -0.2) is 0 Å². The average Bonchev–Trinajstić information content (AvgIpc) is 3.05. The number of rotatable bonds is 4. The van der Waals surface area contributed by atoms with E-state index in [1.54, 1.807) is 11.3 Å². The minimum absolute atomic E-state index is 0.0159. The zero-order valence-electron chi connectivity index (χ0n) is 12.7. The second kappa shape index (κ2) is 6.32. The van der Waals surface area contributed by atoms with Crippen LogP contribution in [0.1, 0.15) is 35.1 Å².